The van der Waals surface area contributed by atoms with Crippen molar-refractivity contribution in [3.05, 3.63) is 24.2 Å². The molecule has 0 radical (unpaired) electrons. The molecule has 0 heterocycles. The Labute approximate surface area is 95.0 Å². The van der Waals surface area contributed by atoms with E-state index in [0.717, 1.165) is 11.8 Å². The third-order valence-corrected chi connectivity index (χ3v) is 1.94. The van der Waals surface area contributed by atoms with Gasteiger partial charge >= 0.3 is 5.97 Å². The van der Waals surface area contributed by atoms with Gasteiger partial charge in [0.05, 0.1) is 5.83 Å². The predicted molar refractivity (Wildman–Crippen MR) is 61.5 cm³/mol. The molecule has 4 nitrogen and oxygen atoms in total. The monoisotopic (exact) mass is 230 g/mol. The van der Waals surface area contributed by atoms with Crippen molar-refractivity contribution in [2.75, 3.05) is 6.54 Å². The van der Waals surface area contributed by atoms with Gasteiger partial charge in [0.1, 0.15) is 5.54 Å². The fourth-order valence-electron chi connectivity index (χ4n) is 1.02. The van der Waals surface area contributed by atoms with Gasteiger partial charge in [0.2, 0.25) is 0 Å². The van der Waals surface area contributed by atoms with E-state index in [9.17, 15) is 9.18 Å². The molecule has 0 spiro atoms. The molecule has 0 fully saturated rings. The molecule has 0 aromatic carbocycles. The van der Waals surface area contributed by atoms with E-state index in [4.69, 9.17) is 10.8 Å². The van der Waals surface area contributed by atoms with Crippen molar-refractivity contribution in [3.8, 4) is 0 Å². The number of rotatable bonds is 7. The normalized spacial score (nSPS) is 15.4. The molecule has 1 unspecified atom stereocenters. The van der Waals surface area contributed by atoms with Gasteiger partial charge in [0, 0.05) is 18.7 Å². The molecule has 0 saturated heterocycles. The lowest BCUT2D eigenvalue weighted by molar-refractivity contribution is -0.140. The first-order valence-corrected chi connectivity index (χ1v) is 5.04. The Balaban J connectivity index is 4.06. The summed E-state index contributed by atoms with van der Waals surface area (Å²) >= 11 is 0. The maximum atomic E-state index is 13.3. The summed E-state index contributed by atoms with van der Waals surface area (Å²) in [6.45, 7) is 7.30. The highest BCUT2D eigenvalue weighted by Gasteiger charge is 2.25. The van der Waals surface area contributed by atoms with Gasteiger partial charge in [-0.3, -0.25) is 0 Å². The van der Waals surface area contributed by atoms with E-state index in [1.54, 1.807) is 0 Å². The molecule has 1 atom stereocenters. The van der Waals surface area contributed by atoms with Crippen LogP contribution in [0.5, 0.6) is 0 Å². The van der Waals surface area contributed by atoms with Crippen molar-refractivity contribution in [3.63, 3.8) is 0 Å². The number of carboxylic acid groups (broad SMARTS) is 1. The molecular formula is C11H19FN2O2. The third-order valence-electron chi connectivity index (χ3n) is 1.94. The highest BCUT2D eigenvalue weighted by atomic mass is 19.1. The van der Waals surface area contributed by atoms with E-state index >= 15 is 0 Å². The van der Waals surface area contributed by atoms with Crippen LogP contribution < -0.4 is 11.1 Å². The number of carbonyl (C=O) groups is 1. The highest BCUT2D eigenvalue weighted by Crippen LogP contribution is 2.12. The van der Waals surface area contributed by atoms with Gasteiger partial charge < -0.3 is 16.2 Å². The van der Waals surface area contributed by atoms with Crippen molar-refractivity contribution in [1.29, 1.82) is 0 Å². The Morgan fingerprint density at radius 2 is 2.25 bits per heavy atom. The van der Waals surface area contributed by atoms with Crippen LogP contribution in [0.2, 0.25) is 0 Å². The second kappa shape index (κ2) is 6.27. The highest BCUT2D eigenvalue weighted by molar-refractivity contribution is 5.80. The first-order chi connectivity index (χ1) is 7.25. The number of nitrogens with two attached hydrogens (primary N) is 1. The zero-order chi connectivity index (χ0) is 12.8. The zero-order valence-electron chi connectivity index (χ0n) is 9.72. The molecule has 0 bridgehead atoms. The number of allylic oxidation sites excluding steroid dienone is 2. The minimum Gasteiger partial charge on any atom is -0.480 e. The smallest absolute Gasteiger partial charge is 0.327 e. The van der Waals surface area contributed by atoms with Crippen molar-refractivity contribution >= 4 is 5.97 Å². The molecule has 0 aromatic heterocycles. The largest absolute Gasteiger partial charge is 0.480 e. The van der Waals surface area contributed by atoms with Gasteiger partial charge in [-0.15, -0.1) is 0 Å². The number of nitrogens with one attached hydrogen (secondary N) is 1. The molecule has 0 saturated carbocycles. The van der Waals surface area contributed by atoms with Gasteiger partial charge in [0.25, 0.3) is 0 Å². The van der Waals surface area contributed by atoms with Crippen molar-refractivity contribution in [2.45, 2.75) is 32.2 Å². The van der Waals surface area contributed by atoms with Gasteiger partial charge in [-0.2, -0.15) is 0 Å². The summed E-state index contributed by atoms with van der Waals surface area (Å²) in [7, 11) is 0. The molecule has 0 aliphatic heterocycles. The van der Waals surface area contributed by atoms with Crippen LogP contribution in [0, 0.1) is 0 Å². The summed E-state index contributed by atoms with van der Waals surface area (Å²) in [4.78, 5) is 10.6. The second-order valence-corrected chi connectivity index (χ2v) is 3.99. The molecule has 92 valence electrons. The lowest BCUT2D eigenvalue weighted by Crippen LogP contribution is -2.42. The van der Waals surface area contributed by atoms with Crippen LogP contribution in [0.15, 0.2) is 24.2 Å². The van der Waals surface area contributed by atoms with E-state index in [1.807, 2.05) is 6.92 Å². The van der Waals surface area contributed by atoms with Gasteiger partial charge in [-0.1, -0.05) is 6.58 Å². The fourth-order valence-corrected chi connectivity index (χ4v) is 1.02. The standard InChI is InChI=1S/C11H19FN2O2/c1-8(2)14-6-4-5-9(12)7-11(3,13)10(15)16/h7,14H,1,4-6,13H2,2-3H3,(H,15,16)/b9-7-. The molecule has 0 amide bonds. The SMILES string of the molecule is C=C(C)NCCC/C(F)=C/C(C)(N)C(=O)O. The van der Waals surface area contributed by atoms with Crippen molar-refractivity contribution in [1.82, 2.24) is 5.32 Å². The first kappa shape index (κ1) is 14.6. The Morgan fingerprint density at radius 3 is 2.69 bits per heavy atom. The average Bonchev–Trinajstić information content (AvgIpc) is 2.11. The molecular weight excluding hydrogens is 211 g/mol. The fraction of sp³-hybridized carbons (Fsp3) is 0.545. The van der Waals surface area contributed by atoms with E-state index in [-0.39, 0.29) is 6.42 Å². The van der Waals surface area contributed by atoms with Crippen LogP contribution in [-0.4, -0.2) is 23.2 Å². The van der Waals surface area contributed by atoms with Crippen LogP contribution in [0.25, 0.3) is 0 Å². The molecule has 0 aromatic rings. The van der Waals surface area contributed by atoms with Gasteiger partial charge in [0.15, 0.2) is 0 Å². The summed E-state index contributed by atoms with van der Waals surface area (Å²) < 4.78 is 13.3. The molecule has 0 aliphatic carbocycles. The van der Waals surface area contributed by atoms with E-state index in [2.05, 4.69) is 11.9 Å². The number of halogens is 1. The minimum absolute atomic E-state index is 0.167. The first-order valence-electron chi connectivity index (χ1n) is 5.04. The Kier molecular flexibility index (Phi) is 5.74. The summed E-state index contributed by atoms with van der Waals surface area (Å²) in [6, 6.07) is 0. The maximum Gasteiger partial charge on any atom is 0.327 e. The van der Waals surface area contributed by atoms with Crippen LogP contribution in [0.1, 0.15) is 26.7 Å². The summed E-state index contributed by atoms with van der Waals surface area (Å²) in [6.07, 6.45) is 1.67. The zero-order valence-corrected chi connectivity index (χ0v) is 9.72. The van der Waals surface area contributed by atoms with Crippen molar-refractivity contribution < 1.29 is 14.3 Å². The van der Waals surface area contributed by atoms with Crippen LogP contribution in [0.4, 0.5) is 4.39 Å². The molecule has 5 heteroatoms. The lowest BCUT2D eigenvalue weighted by atomic mass is 10.0. The Morgan fingerprint density at radius 1 is 1.69 bits per heavy atom. The predicted octanol–water partition coefficient (Wildman–Crippen LogP) is 1.55. The van der Waals surface area contributed by atoms with E-state index in [1.165, 1.54) is 6.92 Å². The average molecular weight is 230 g/mol. The number of hydrogen-bond acceptors (Lipinski definition) is 3. The van der Waals surface area contributed by atoms with Crippen LogP contribution in [0.3, 0.4) is 0 Å². The minimum atomic E-state index is -1.65. The molecule has 0 rings (SSSR count). The van der Waals surface area contributed by atoms with Gasteiger partial charge in [-0.05, 0) is 26.3 Å². The second-order valence-electron chi connectivity index (χ2n) is 3.99. The quantitative estimate of drug-likeness (QED) is 0.580. The summed E-state index contributed by atoms with van der Waals surface area (Å²) in [5.74, 6) is -1.75. The number of carboxylic acids is 1. The topological polar surface area (TPSA) is 75.3 Å². The Bertz CT molecular complexity index is 298. The molecule has 0 aliphatic rings. The summed E-state index contributed by atoms with van der Waals surface area (Å²) in [5.41, 5.74) is 4.54. The third kappa shape index (κ3) is 6.19. The van der Waals surface area contributed by atoms with E-state index in [0.29, 0.717) is 13.0 Å². The number of aliphatic carboxylic acids is 1. The molecule has 4 N–H and O–H groups in total. The lowest BCUT2D eigenvalue weighted by Gasteiger charge is -2.14. The molecule has 16 heavy (non-hydrogen) atoms. The van der Waals surface area contributed by atoms with E-state index < -0.39 is 17.3 Å². The van der Waals surface area contributed by atoms with Gasteiger partial charge in [-0.25, -0.2) is 9.18 Å². The number of hydrogen-bond donors (Lipinski definition) is 3. The van der Waals surface area contributed by atoms with Crippen LogP contribution in [-0.2, 0) is 4.79 Å². The summed E-state index contributed by atoms with van der Waals surface area (Å²) in [5, 5.41) is 11.6. The maximum absolute atomic E-state index is 13.3. The van der Waals surface area contributed by atoms with Crippen LogP contribution >= 0.6 is 0 Å². The Hall–Kier alpha value is -1.36. The van der Waals surface area contributed by atoms with Crippen molar-refractivity contribution in [2.24, 2.45) is 5.73 Å².